The Morgan fingerprint density at radius 1 is 1.24 bits per heavy atom. The first kappa shape index (κ1) is 14.4. The van der Waals surface area contributed by atoms with Crippen LogP contribution in [-0.2, 0) is 0 Å². The molecule has 4 heteroatoms. The third-order valence-corrected chi connectivity index (χ3v) is 5.15. The molecule has 1 saturated carbocycles. The molecule has 2 aliphatic rings. The van der Waals surface area contributed by atoms with Crippen LogP contribution in [0.3, 0.4) is 0 Å². The van der Waals surface area contributed by atoms with Crippen LogP contribution in [0.2, 0.25) is 0 Å². The van der Waals surface area contributed by atoms with Gasteiger partial charge in [0.25, 0.3) is 0 Å². The first-order chi connectivity index (χ1) is 10.1. The summed E-state index contributed by atoms with van der Waals surface area (Å²) in [4.78, 5) is 18.2. The SMILES string of the molecule is Cc1cc(N2CCC3CCCCC3C2)c(C(=O)O)c(C)n1. The molecule has 2 unspecified atom stereocenters. The lowest BCUT2D eigenvalue weighted by Gasteiger charge is -2.42. The van der Waals surface area contributed by atoms with E-state index in [0.717, 1.165) is 36.3 Å². The number of hydrogen-bond donors (Lipinski definition) is 1. The molecule has 3 rings (SSSR count). The maximum atomic E-state index is 11.6. The molecule has 0 bridgehead atoms. The van der Waals surface area contributed by atoms with Crippen molar-refractivity contribution in [1.29, 1.82) is 0 Å². The third kappa shape index (κ3) is 2.76. The van der Waals surface area contributed by atoms with Gasteiger partial charge in [0.2, 0.25) is 0 Å². The van der Waals surface area contributed by atoms with Gasteiger partial charge < -0.3 is 10.0 Å². The lowest BCUT2D eigenvalue weighted by Crippen LogP contribution is -2.42. The lowest BCUT2D eigenvalue weighted by atomic mass is 9.75. The summed E-state index contributed by atoms with van der Waals surface area (Å²) in [7, 11) is 0. The maximum Gasteiger partial charge on any atom is 0.339 e. The van der Waals surface area contributed by atoms with Gasteiger partial charge in [-0.3, -0.25) is 4.98 Å². The smallest absolute Gasteiger partial charge is 0.339 e. The van der Waals surface area contributed by atoms with E-state index in [1.54, 1.807) is 6.92 Å². The molecular formula is C17H24N2O2. The minimum absolute atomic E-state index is 0.384. The summed E-state index contributed by atoms with van der Waals surface area (Å²) >= 11 is 0. The molecule has 0 spiro atoms. The van der Waals surface area contributed by atoms with Gasteiger partial charge in [0.15, 0.2) is 0 Å². The van der Waals surface area contributed by atoms with Crippen molar-refractivity contribution in [2.45, 2.75) is 46.0 Å². The van der Waals surface area contributed by atoms with E-state index >= 15 is 0 Å². The molecule has 1 aromatic heterocycles. The molecule has 2 atom stereocenters. The summed E-state index contributed by atoms with van der Waals surface area (Å²) in [6.45, 7) is 5.72. The fourth-order valence-electron chi connectivity index (χ4n) is 4.14. The molecule has 1 N–H and O–H groups in total. The highest BCUT2D eigenvalue weighted by molar-refractivity contribution is 5.95. The summed E-state index contributed by atoms with van der Waals surface area (Å²) < 4.78 is 0. The number of rotatable bonds is 2. The van der Waals surface area contributed by atoms with Crippen LogP contribution in [0.4, 0.5) is 5.69 Å². The number of anilines is 1. The van der Waals surface area contributed by atoms with Crippen LogP contribution < -0.4 is 4.90 Å². The number of piperidine rings is 1. The van der Waals surface area contributed by atoms with E-state index in [2.05, 4.69) is 9.88 Å². The van der Waals surface area contributed by atoms with Gasteiger partial charge in [-0.25, -0.2) is 4.79 Å². The number of carboxylic acid groups (broad SMARTS) is 1. The van der Waals surface area contributed by atoms with Gasteiger partial charge in [-0.2, -0.15) is 0 Å². The predicted octanol–water partition coefficient (Wildman–Crippen LogP) is 3.41. The predicted molar refractivity (Wildman–Crippen MR) is 82.9 cm³/mol. The van der Waals surface area contributed by atoms with Gasteiger partial charge in [-0.05, 0) is 44.6 Å². The summed E-state index contributed by atoms with van der Waals surface area (Å²) in [5.74, 6) is 0.732. The quantitative estimate of drug-likeness (QED) is 0.906. The molecule has 1 saturated heterocycles. The Balaban J connectivity index is 1.91. The summed E-state index contributed by atoms with van der Waals surface area (Å²) in [6, 6.07) is 1.94. The summed E-state index contributed by atoms with van der Waals surface area (Å²) in [5, 5.41) is 9.53. The minimum Gasteiger partial charge on any atom is -0.478 e. The molecule has 114 valence electrons. The molecule has 1 aromatic rings. The van der Waals surface area contributed by atoms with Crippen molar-refractivity contribution < 1.29 is 9.90 Å². The van der Waals surface area contributed by atoms with Crippen LogP contribution in [0.15, 0.2) is 6.07 Å². The van der Waals surface area contributed by atoms with Gasteiger partial charge >= 0.3 is 5.97 Å². The van der Waals surface area contributed by atoms with Crippen molar-refractivity contribution in [3.8, 4) is 0 Å². The monoisotopic (exact) mass is 288 g/mol. The number of aromatic nitrogens is 1. The number of aryl methyl sites for hydroxylation is 2. The Morgan fingerprint density at radius 3 is 2.67 bits per heavy atom. The van der Waals surface area contributed by atoms with E-state index in [-0.39, 0.29) is 0 Å². The summed E-state index contributed by atoms with van der Waals surface area (Å²) in [5.41, 5.74) is 2.79. The number of nitrogens with zero attached hydrogens (tertiary/aromatic N) is 2. The Labute approximate surface area is 126 Å². The summed E-state index contributed by atoms with van der Waals surface area (Å²) in [6.07, 6.45) is 6.56. The number of carbonyl (C=O) groups is 1. The van der Waals surface area contributed by atoms with E-state index in [1.165, 1.54) is 32.1 Å². The van der Waals surface area contributed by atoms with E-state index in [9.17, 15) is 9.90 Å². The van der Waals surface area contributed by atoms with E-state index in [0.29, 0.717) is 11.3 Å². The Bertz CT molecular complexity index is 556. The Morgan fingerprint density at radius 2 is 1.95 bits per heavy atom. The van der Waals surface area contributed by atoms with Crippen LogP contribution in [0.25, 0.3) is 0 Å². The topological polar surface area (TPSA) is 53.4 Å². The van der Waals surface area contributed by atoms with Gasteiger partial charge in [-0.15, -0.1) is 0 Å². The normalized spacial score (nSPS) is 25.5. The number of carboxylic acids is 1. The second-order valence-corrected chi connectivity index (χ2v) is 6.59. The van der Waals surface area contributed by atoms with Crippen LogP contribution in [0, 0.1) is 25.7 Å². The Hall–Kier alpha value is -1.58. The standard InChI is InChI=1S/C17H24N2O2/c1-11-9-15(16(17(20)21)12(2)18-11)19-8-7-13-5-3-4-6-14(13)10-19/h9,13-14H,3-8,10H2,1-2H3,(H,20,21). The molecule has 1 aliphatic heterocycles. The zero-order valence-electron chi connectivity index (χ0n) is 12.9. The van der Waals surface area contributed by atoms with Crippen LogP contribution in [0.1, 0.15) is 53.8 Å². The highest BCUT2D eigenvalue weighted by Crippen LogP contribution is 2.38. The second kappa shape index (κ2) is 5.66. The molecule has 1 aliphatic carbocycles. The van der Waals surface area contributed by atoms with Crippen molar-refractivity contribution in [2.24, 2.45) is 11.8 Å². The average molecular weight is 288 g/mol. The molecule has 4 nitrogen and oxygen atoms in total. The fraction of sp³-hybridized carbons (Fsp3) is 0.647. The van der Waals surface area contributed by atoms with Crippen molar-refractivity contribution in [3.63, 3.8) is 0 Å². The molecule has 0 amide bonds. The number of aromatic carboxylic acids is 1. The van der Waals surface area contributed by atoms with Crippen LogP contribution >= 0.6 is 0 Å². The van der Waals surface area contributed by atoms with E-state index in [1.807, 2.05) is 13.0 Å². The molecule has 0 aromatic carbocycles. The zero-order valence-corrected chi connectivity index (χ0v) is 12.9. The lowest BCUT2D eigenvalue weighted by molar-refractivity contribution is 0.0696. The molecule has 0 radical (unpaired) electrons. The number of hydrogen-bond acceptors (Lipinski definition) is 3. The maximum absolute atomic E-state index is 11.6. The second-order valence-electron chi connectivity index (χ2n) is 6.59. The van der Waals surface area contributed by atoms with Crippen LogP contribution in [0.5, 0.6) is 0 Å². The first-order valence-corrected chi connectivity index (χ1v) is 8.02. The van der Waals surface area contributed by atoms with Gasteiger partial charge in [0.1, 0.15) is 5.56 Å². The van der Waals surface area contributed by atoms with Gasteiger partial charge in [-0.1, -0.05) is 19.3 Å². The van der Waals surface area contributed by atoms with Crippen molar-refractivity contribution in [3.05, 3.63) is 23.0 Å². The molecular weight excluding hydrogens is 264 g/mol. The third-order valence-electron chi connectivity index (χ3n) is 5.15. The van der Waals surface area contributed by atoms with Gasteiger partial charge in [0, 0.05) is 18.8 Å². The van der Waals surface area contributed by atoms with Crippen molar-refractivity contribution in [2.75, 3.05) is 18.0 Å². The van der Waals surface area contributed by atoms with Crippen molar-refractivity contribution in [1.82, 2.24) is 4.98 Å². The fourth-order valence-corrected chi connectivity index (χ4v) is 4.14. The van der Waals surface area contributed by atoms with Crippen molar-refractivity contribution >= 4 is 11.7 Å². The molecule has 2 fully saturated rings. The first-order valence-electron chi connectivity index (χ1n) is 8.02. The van der Waals surface area contributed by atoms with E-state index in [4.69, 9.17) is 0 Å². The highest BCUT2D eigenvalue weighted by Gasteiger charge is 2.32. The highest BCUT2D eigenvalue weighted by atomic mass is 16.4. The van der Waals surface area contributed by atoms with Gasteiger partial charge in [0.05, 0.1) is 11.4 Å². The zero-order chi connectivity index (χ0) is 15.0. The largest absolute Gasteiger partial charge is 0.478 e. The number of pyridine rings is 1. The average Bonchev–Trinajstić information content (AvgIpc) is 2.45. The van der Waals surface area contributed by atoms with E-state index < -0.39 is 5.97 Å². The molecule has 2 heterocycles. The minimum atomic E-state index is -0.860. The number of fused-ring (bicyclic) bond motifs is 1. The van der Waals surface area contributed by atoms with Crippen LogP contribution in [-0.4, -0.2) is 29.1 Å². The Kier molecular flexibility index (Phi) is 3.87. The molecule has 21 heavy (non-hydrogen) atoms.